The molecule has 0 bridgehead atoms. The highest BCUT2D eigenvalue weighted by atomic mass is 16.2. The number of hydrogen-bond acceptors (Lipinski definition) is 5. The Morgan fingerprint density at radius 3 is 2.61 bits per heavy atom. The highest BCUT2D eigenvalue weighted by Gasteiger charge is 2.24. The molecule has 0 saturated carbocycles. The number of pyridine rings is 1. The van der Waals surface area contributed by atoms with Crippen LogP contribution >= 0.6 is 0 Å². The van der Waals surface area contributed by atoms with Crippen molar-refractivity contribution in [3.8, 4) is 6.07 Å². The zero-order valence-corrected chi connectivity index (χ0v) is 13.0. The Morgan fingerprint density at radius 2 is 2.04 bits per heavy atom. The van der Waals surface area contributed by atoms with E-state index in [1.54, 1.807) is 22.2 Å². The van der Waals surface area contributed by atoms with E-state index < -0.39 is 0 Å². The topological polar surface area (TPSA) is 89.3 Å². The van der Waals surface area contributed by atoms with Gasteiger partial charge in [-0.15, -0.1) is 0 Å². The van der Waals surface area contributed by atoms with Crippen molar-refractivity contribution in [1.29, 1.82) is 5.26 Å². The number of amides is 2. The second kappa shape index (κ2) is 7.94. The average Bonchev–Trinajstić information content (AvgIpc) is 2.59. The van der Waals surface area contributed by atoms with Crippen molar-refractivity contribution in [3.05, 3.63) is 41.9 Å². The van der Waals surface area contributed by atoms with E-state index >= 15 is 0 Å². The van der Waals surface area contributed by atoms with Crippen LogP contribution < -0.4 is 5.32 Å². The molecule has 0 unspecified atom stereocenters. The summed E-state index contributed by atoms with van der Waals surface area (Å²) in [7, 11) is 0. The first kappa shape index (κ1) is 16.5. The van der Waals surface area contributed by atoms with Crippen LogP contribution in [0.3, 0.4) is 0 Å². The van der Waals surface area contributed by atoms with Gasteiger partial charge in [0, 0.05) is 58.2 Å². The van der Waals surface area contributed by atoms with Crippen molar-refractivity contribution in [2.75, 3.05) is 26.2 Å². The van der Waals surface area contributed by atoms with E-state index in [1.165, 1.54) is 13.1 Å². The molecule has 2 amide bonds. The Kier molecular flexibility index (Phi) is 5.69. The van der Waals surface area contributed by atoms with E-state index in [9.17, 15) is 14.9 Å². The van der Waals surface area contributed by atoms with Gasteiger partial charge >= 0.3 is 0 Å². The number of nitriles is 1. The molecule has 1 aromatic rings. The SMILES string of the molecule is CC(=O)N1CCN(C(=O)/C(C#N)=C\NCc2cccnc2)CC1. The molecule has 0 radical (unpaired) electrons. The highest BCUT2D eigenvalue weighted by Crippen LogP contribution is 2.07. The predicted octanol–water partition coefficient (Wildman–Crippen LogP) is 0.269. The Hall–Kier alpha value is -2.88. The summed E-state index contributed by atoms with van der Waals surface area (Å²) in [5.41, 5.74) is 1.02. The van der Waals surface area contributed by atoms with Crippen LogP contribution in [0.25, 0.3) is 0 Å². The monoisotopic (exact) mass is 313 g/mol. The number of piperazine rings is 1. The van der Waals surface area contributed by atoms with Crippen molar-refractivity contribution < 1.29 is 9.59 Å². The summed E-state index contributed by atoms with van der Waals surface area (Å²) in [6, 6.07) is 5.66. The maximum absolute atomic E-state index is 12.3. The molecule has 1 aliphatic rings. The fourth-order valence-corrected chi connectivity index (χ4v) is 2.31. The molecule has 0 aliphatic carbocycles. The first-order valence-corrected chi connectivity index (χ1v) is 7.39. The number of hydrogen-bond donors (Lipinski definition) is 1. The maximum atomic E-state index is 12.3. The van der Waals surface area contributed by atoms with Crippen LogP contribution in [0.2, 0.25) is 0 Å². The second-order valence-electron chi connectivity index (χ2n) is 5.21. The third-order valence-electron chi connectivity index (χ3n) is 3.64. The lowest BCUT2D eigenvalue weighted by atomic mass is 10.2. The van der Waals surface area contributed by atoms with Crippen molar-refractivity contribution in [2.45, 2.75) is 13.5 Å². The molecule has 0 atom stereocenters. The van der Waals surface area contributed by atoms with Gasteiger partial charge in [-0.05, 0) is 11.6 Å². The van der Waals surface area contributed by atoms with Gasteiger partial charge in [-0.2, -0.15) is 5.26 Å². The molecule has 120 valence electrons. The summed E-state index contributed by atoms with van der Waals surface area (Å²) in [4.78, 5) is 30.9. The molecule has 0 aromatic carbocycles. The molecular weight excluding hydrogens is 294 g/mol. The fraction of sp³-hybridized carbons (Fsp3) is 0.375. The van der Waals surface area contributed by atoms with Gasteiger partial charge in [-0.1, -0.05) is 6.07 Å². The average molecular weight is 313 g/mol. The third kappa shape index (κ3) is 4.54. The lowest BCUT2D eigenvalue weighted by molar-refractivity contribution is -0.136. The number of nitrogens with zero attached hydrogens (tertiary/aromatic N) is 4. The maximum Gasteiger partial charge on any atom is 0.266 e. The summed E-state index contributed by atoms with van der Waals surface area (Å²) in [6.45, 7) is 3.90. The van der Waals surface area contributed by atoms with E-state index in [0.29, 0.717) is 32.7 Å². The summed E-state index contributed by atoms with van der Waals surface area (Å²) in [6.07, 6.45) is 4.84. The summed E-state index contributed by atoms with van der Waals surface area (Å²) < 4.78 is 0. The minimum Gasteiger partial charge on any atom is -0.386 e. The van der Waals surface area contributed by atoms with Crippen LogP contribution in [0.5, 0.6) is 0 Å². The minimum absolute atomic E-state index is 0.00582. The fourth-order valence-electron chi connectivity index (χ4n) is 2.31. The zero-order valence-electron chi connectivity index (χ0n) is 13.0. The number of carbonyl (C=O) groups excluding carboxylic acids is 2. The number of nitrogens with one attached hydrogen (secondary N) is 1. The Morgan fingerprint density at radius 1 is 1.35 bits per heavy atom. The highest BCUT2D eigenvalue weighted by molar-refractivity contribution is 5.97. The van der Waals surface area contributed by atoms with Gasteiger partial charge in [0.15, 0.2) is 0 Å². The predicted molar refractivity (Wildman–Crippen MR) is 83.6 cm³/mol. The second-order valence-corrected chi connectivity index (χ2v) is 5.21. The van der Waals surface area contributed by atoms with Crippen molar-refractivity contribution >= 4 is 11.8 Å². The van der Waals surface area contributed by atoms with Crippen LogP contribution in [0, 0.1) is 11.3 Å². The molecule has 1 fully saturated rings. The van der Waals surface area contributed by atoms with Gasteiger partial charge in [0.2, 0.25) is 5.91 Å². The lowest BCUT2D eigenvalue weighted by Crippen LogP contribution is -2.50. The van der Waals surface area contributed by atoms with E-state index in [2.05, 4.69) is 10.3 Å². The largest absolute Gasteiger partial charge is 0.386 e. The van der Waals surface area contributed by atoms with E-state index in [0.717, 1.165) is 5.56 Å². The molecule has 2 rings (SSSR count). The molecule has 1 saturated heterocycles. The standard InChI is InChI=1S/C16H19N5O2/c1-13(22)20-5-7-21(8-6-20)16(23)15(9-17)12-19-11-14-3-2-4-18-10-14/h2-4,10,12,19H,5-8,11H2,1H3/b15-12-. The molecule has 23 heavy (non-hydrogen) atoms. The summed E-state index contributed by atoms with van der Waals surface area (Å²) >= 11 is 0. The van der Waals surface area contributed by atoms with Crippen molar-refractivity contribution in [1.82, 2.24) is 20.1 Å². The third-order valence-corrected chi connectivity index (χ3v) is 3.64. The van der Waals surface area contributed by atoms with Gasteiger partial charge in [0.25, 0.3) is 5.91 Å². The Labute approximate surface area is 135 Å². The van der Waals surface area contributed by atoms with Crippen molar-refractivity contribution in [2.24, 2.45) is 0 Å². The van der Waals surface area contributed by atoms with Gasteiger partial charge in [-0.25, -0.2) is 0 Å². The van der Waals surface area contributed by atoms with Crippen LogP contribution in [0.4, 0.5) is 0 Å². The van der Waals surface area contributed by atoms with E-state index in [-0.39, 0.29) is 17.4 Å². The first-order chi connectivity index (χ1) is 11.1. The smallest absolute Gasteiger partial charge is 0.266 e. The van der Waals surface area contributed by atoms with E-state index in [1.807, 2.05) is 18.2 Å². The zero-order chi connectivity index (χ0) is 16.7. The van der Waals surface area contributed by atoms with Crippen LogP contribution in [0.15, 0.2) is 36.3 Å². The minimum atomic E-state index is -0.311. The van der Waals surface area contributed by atoms with Crippen LogP contribution in [-0.2, 0) is 16.1 Å². The summed E-state index contributed by atoms with van der Waals surface area (Å²) in [5.74, 6) is -0.305. The van der Waals surface area contributed by atoms with E-state index in [4.69, 9.17) is 0 Å². The molecular formula is C16H19N5O2. The Bertz CT molecular complexity index is 628. The van der Waals surface area contributed by atoms with Gasteiger partial charge in [-0.3, -0.25) is 14.6 Å². The number of rotatable bonds is 4. The first-order valence-electron chi connectivity index (χ1n) is 7.39. The molecule has 1 aromatic heterocycles. The Balaban J connectivity index is 1.90. The van der Waals surface area contributed by atoms with Gasteiger partial charge in [0.05, 0.1) is 0 Å². The molecule has 7 heteroatoms. The quantitative estimate of drug-likeness (QED) is 0.636. The molecule has 1 aliphatic heterocycles. The molecule has 0 spiro atoms. The lowest BCUT2D eigenvalue weighted by Gasteiger charge is -2.34. The van der Waals surface area contributed by atoms with Crippen LogP contribution in [0.1, 0.15) is 12.5 Å². The molecule has 7 nitrogen and oxygen atoms in total. The summed E-state index contributed by atoms with van der Waals surface area (Å²) in [5, 5.41) is 12.1. The number of aromatic nitrogens is 1. The van der Waals surface area contributed by atoms with Gasteiger partial charge < -0.3 is 15.1 Å². The van der Waals surface area contributed by atoms with Gasteiger partial charge in [0.1, 0.15) is 11.6 Å². The molecule has 2 heterocycles. The van der Waals surface area contributed by atoms with Crippen LogP contribution in [-0.4, -0.2) is 52.8 Å². The van der Waals surface area contributed by atoms with Crippen molar-refractivity contribution in [3.63, 3.8) is 0 Å². The number of carbonyl (C=O) groups is 2. The normalized spacial score (nSPS) is 15.0. The molecule has 1 N–H and O–H groups in total.